The minimum Gasteiger partial charge on any atom is -0.465 e. The molecule has 0 saturated heterocycles. The van der Waals surface area contributed by atoms with Crippen LogP contribution in [-0.4, -0.2) is 33.8 Å². The summed E-state index contributed by atoms with van der Waals surface area (Å²) in [7, 11) is 1.29. The fourth-order valence-electron chi connectivity index (χ4n) is 3.08. The number of hydrogen-bond acceptors (Lipinski definition) is 6. The van der Waals surface area contributed by atoms with Crippen LogP contribution in [0.2, 0.25) is 5.02 Å². The zero-order chi connectivity index (χ0) is 23.4. The van der Waals surface area contributed by atoms with Crippen LogP contribution in [0.3, 0.4) is 0 Å². The lowest BCUT2D eigenvalue weighted by Crippen LogP contribution is -2.28. The number of nitrogens with zero attached hydrogens (tertiary/aromatic N) is 2. The number of benzene rings is 2. The summed E-state index contributed by atoms with van der Waals surface area (Å²) in [5, 5.41) is 3.62. The lowest BCUT2D eigenvalue weighted by atomic mass is 10.1. The molecular weight excluding hydrogens is 450 g/mol. The number of halogens is 1. The first-order valence-electron chi connectivity index (χ1n) is 10.1. The number of esters is 1. The van der Waals surface area contributed by atoms with Crippen molar-refractivity contribution in [3.63, 3.8) is 0 Å². The van der Waals surface area contributed by atoms with Crippen molar-refractivity contribution in [2.45, 2.75) is 37.7 Å². The van der Waals surface area contributed by atoms with Gasteiger partial charge in [0.1, 0.15) is 0 Å². The minimum absolute atomic E-state index is 0.191. The summed E-state index contributed by atoms with van der Waals surface area (Å²) in [6, 6.07) is 11.5. The number of rotatable bonds is 7. The summed E-state index contributed by atoms with van der Waals surface area (Å²) in [6.07, 6.45) is 0. The van der Waals surface area contributed by atoms with Crippen LogP contribution in [0.4, 0.5) is 5.69 Å². The lowest BCUT2D eigenvalue weighted by molar-refractivity contribution is -0.115. The molecule has 0 fully saturated rings. The molecule has 3 aromatic rings. The molecule has 3 rings (SSSR count). The van der Waals surface area contributed by atoms with Crippen molar-refractivity contribution in [1.29, 1.82) is 0 Å². The third-order valence-corrected chi connectivity index (χ3v) is 5.96. The van der Waals surface area contributed by atoms with Gasteiger partial charge in [-0.15, -0.1) is 0 Å². The maximum absolute atomic E-state index is 13.2. The van der Waals surface area contributed by atoms with E-state index in [1.54, 1.807) is 47.9 Å². The van der Waals surface area contributed by atoms with E-state index in [0.717, 1.165) is 0 Å². The maximum Gasteiger partial charge on any atom is 0.337 e. The van der Waals surface area contributed by atoms with E-state index < -0.39 is 11.2 Å². The zero-order valence-electron chi connectivity index (χ0n) is 18.2. The summed E-state index contributed by atoms with van der Waals surface area (Å²) in [4.78, 5) is 42.5. The molecule has 168 valence electrons. The Kier molecular flexibility index (Phi) is 7.58. The molecule has 0 radical (unpaired) electrons. The molecule has 2 aromatic carbocycles. The van der Waals surface area contributed by atoms with Crippen LogP contribution in [-0.2, 0) is 16.1 Å². The molecule has 1 aromatic heterocycles. The molecule has 1 amide bonds. The Morgan fingerprint density at radius 1 is 1.19 bits per heavy atom. The molecule has 9 heteroatoms. The monoisotopic (exact) mass is 473 g/mol. The van der Waals surface area contributed by atoms with E-state index in [1.165, 1.54) is 24.9 Å². The normalized spacial score (nSPS) is 12.1. The highest BCUT2D eigenvalue weighted by Crippen LogP contribution is 2.25. The minimum atomic E-state index is -0.541. The van der Waals surface area contributed by atoms with E-state index in [2.05, 4.69) is 10.3 Å². The molecule has 1 N–H and O–H groups in total. The highest BCUT2D eigenvalue weighted by molar-refractivity contribution is 8.00. The van der Waals surface area contributed by atoms with Gasteiger partial charge in [-0.25, -0.2) is 9.78 Å². The third kappa shape index (κ3) is 5.49. The second-order valence-electron chi connectivity index (χ2n) is 7.69. The molecule has 1 heterocycles. The van der Waals surface area contributed by atoms with Crippen LogP contribution in [0, 0.1) is 5.92 Å². The van der Waals surface area contributed by atoms with Gasteiger partial charge in [-0.1, -0.05) is 43.3 Å². The molecule has 0 saturated carbocycles. The van der Waals surface area contributed by atoms with Crippen LogP contribution in [0.1, 0.15) is 31.1 Å². The highest BCUT2D eigenvalue weighted by Gasteiger charge is 2.21. The average molecular weight is 474 g/mol. The van der Waals surface area contributed by atoms with Crippen molar-refractivity contribution in [2.75, 3.05) is 12.4 Å². The Hall–Kier alpha value is -2.84. The Balaban J connectivity index is 1.97. The number of carbonyl (C=O) groups excluding carboxylic acids is 2. The highest BCUT2D eigenvalue weighted by atomic mass is 35.5. The van der Waals surface area contributed by atoms with Crippen LogP contribution in [0.5, 0.6) is 0 Å². The second-order valence-corrected chi connectivity index (χ2v) is 9.43. The largest absolute Gasteiger partial charge is 0.465 e. The Bertz CT molecular complexity index is 1230. The Morgan fingerprint density at radius 2 is 1.94 bits per heavy atom. The van der Waals surface area contributed by atoms with Gasteiger partial charge in [-0.05, 0) is 49.2 Å². The zero-order valence-corrected chi connectivity index (χ0v) is 19.8. The van der Waals surface area contributed by atoms with Crippen LogP contribution < -0.4 is 10.9 Å². The van der Waals surface area contributed by atoms with Crippen LogP contribution in [0.15, 0.2) is 52.4 Å². The maximum atomic E-state index is 13.2. The van der Waals surface area contributed by atoms with Crippen LogP contribution >= 0.6 is 23.4 Å². The quantitative estimate of drug-likeness (QED) is 0.306. The lowest BCUT2D eigenvalue weighted by Gasteiger charge is -2.18. The number of anilines is 1. The van der Waals surface area contributed by atoms with Crippen LogP contribution in [0.25, 0.3) is 10.9 Å². The Morgan fingerprint density at radius 3 is 2.59 bits per heavy atom. The van der Waals surface area contributed by atoms with E-state index in [-0.39, 0.29) is 17.4 Å². The summed E-state index contributed by atoms with van der Waals surface area (Å²) in [6.45, 7) is 6.19. The molecular formula is C23H24ClN3O4S. The van der Waals surface area contributed by atoms with Gasteiger partial charge in [-0.3, -0.25) is 14.2 Å². The van der Waals surface area contributed by atoms with Crippen molar-refractivity contribution >= 4 is 51.8 Å². The van der Waals surface area contributed by atoms with Crippen molar-refractivity contribution in [3.05, 3.63) is 63.4 Å². The van der Waals surface area contributed by atoms with Crippen molar-refractivity contribution in [1.82, 2.24) is 9.55 Å². The molecule has 7 nitrogen and oxygen atoms in total. The summed E-state index contributed by atoms with van der Waals surface area (Å²) >= 11 is 7.17. The van der Waals surface area contributed by atoms with Gasteiger partial charge in [0.15, 0.2) is 5.16 Å². The van der Waals surface area contributed by atoms with Gasteiger partial charge in [0.25, 0.3) is 5.56 Å². The van der Waals surface area contributed by atoms with Gasteiger partial charge >= 0.3 is 5.97 Å². The first kappa shape index (κ1) is 23.8. The number of ether oxygens (including phenoxy) is 1. The number of thioether (sulfide) groups is 1. The Labute approximate surface area is 195 Å². The molecule has 0 aliphatic rings. The van der Waals surface area contributed by atoms with Gasteiger partial charge < -0.3 is 10.1 Å². The predicted molar refractivity (Wildman–Crippen MR) is 128 cm³/mol. The number of aromatic nitrogens is 2. The predicted octanol–water partition coefficient (Wildman–Crippen LogP) is 4.61. The standard InChI is InChI=1S/C23H24ClN3O4S/c1-13(2)12-27-21(29)18-9-8-15(22(30)31-4)10-19(18)26-23(27)32-14(3)20(28)25-17-7-5-6-16(24)11-17/h5-11,13-14H,12H2,1-4H3,(H,25,28). The fraction of sp³-hybridized carbons (Fsp3) is 0.304. The number of nitrogens with one attached hydrogen (secondary N) is 1. The number of hydrogen-bond donors (Lipinski definition) is 1. The van der Waals surface area contributed by atoms with Crippen molar-refractivity contribution in [2.24, 2.45) is 5.92 Å². The van der Waals surface area contributed by atoms with E-state index in [0.29, 0.717) is 38.9 Å². The van der Waals surface area contributed by atoms with E-state index in [9.17, 15) is 14.4 Å². The first-order chi connectivity index (χ1) is 15.2. The van der Waals surface area contributed by atoms with Gasteiger partial charge in [0.2, 0.25) is 5.91 Å². The molecule has 1 atom stereocenters. The smallest absolute Gasteiger partial charge is 0.337 e. The van der Waals surface area contributed by atoms with Gasteiger partial charge in [-0.2, -0.15) is 0 Å². The topological polar surface area (TPSA) is 90.3 Å². The number of amides is 1. The summed E-state index contributed by atoms with van der Waals surface area (Å²) in [5.41, 5.74) is 1.05. The molecule has 0 spiro atoms. The van der Waals surface area contributed by atoms with Gasteiger partial charge in [0, 0.05) is 17.3 Å². The average Bonchev–Trinajstić information content (AvgIpc) is 2.75. The molecule has 32 heavy (non-hydrogen) atoms. The summed E-state index contributed by atoms with van der Waals surface area (Å²) in [5.74, 6) is -0.564. The molecule has 1 unspecified atom stereocenters. The van der Waals surface area contributed by atoms with Gasteiger partial charge in [0.05, 0.1) is 28.8 Å². The summed E-state index contributed by atoms with van der Waals surface area (Å²) < 4.78 is 6.35. The number of fused-ring (bicyclic) bond motifs is 1. The molecule has 0 bridgehead atoms. The van der Waals surface area contributed by atoms with E-state index in [1.807, 2.05) is 13.8 Å². The van der Waals surface area contributed by atoms with E-state index in [4.69, 9.17) is 16.3 Å². The fourth-order valence-corrected chi connectivity index (χ4v) is 4.19. The SMILES string of the molecule is COC(=O)c1ccc2c(=O)n(CC(C)C)c(SC(C)C(=O)Nc3cccc(Cl)c3)nc2c1. The molecule has 0 aliphatic carbocycles. The van der Waals surface area contributed by atoms with Crippen molar-refractivity contribution in [3.8, 4) is 0 Å². The van der Waals surface area contributed by atoms with Crippen molar-refractivity contribution < 1.29 is 14.3 Å². The second kappa shape index (κ2) is 10.2. The number of methoxy groups -OCH3 is 1. The first-order valence-corrected chi connectivity index (χ1v) is 11.3. The molecule has 0 aliphatic heterocycles. The third-order valence-electron chi connectivity index (χ3n) is 4.63. The van der Waals surface area contributed by atoms with E-state index >= 15 is 0 Å². The number of carbonyl (C=O) groups is 2.